The highest BCUT2D eigenvalue weighted by Crippen LogP contribution is 2.40. The van der Waals surface area contributed by atoms with E-state index in [0.29, 0.717) is 41.6 Å². The van der Waals surface area contributed by atoms with Crippen LogP contribution in [0.4, 0.5) is 5.69 Å². The number of sulfonamides is 1. The Morgan fingerprint density at radius 2 is 1.88 bits per heavy atom. The van der Waals surface area contributed by atoms with Gasteiger partial charge in [-0.2, -0.15) is 9.40 Å². The van der Waals surface area contributed by atoms with Gasteiger partial charge < -0.3 is 5.32 Å². The van der Waals surface area contributed by atoms with E-state index in [9.17, 15) is 13.2 Å². The van der Waals surface area contributed by atoms with E-state index in [1.807, 2.05) is 24.6 Å². The smallest absolute Gasteiger partial charge is 0.256 e. The third-order valence-corrected chi connectivity index (χ3v) is 8.57. The topological polar surface area (TPSA) is 97.2 Å². The lowest BCUT2D eigenvalue weighted by molar-refractivity contribution is 0.102. The highest BCUT2D eigenvalue weighted by atomic mass is 32.2. The minimum atomic E-state index is -3.53. The molecular weight excluding hydrogens is 450 g/mol. The summed E-state index contributed by atoms with van der Waals surface area (Å²) in [6.45, 7) is 7.26. The molecule has 1 aliphatic carbocycles. The quantitative estimate of drug-likeness (QED) is 0.557. The van der Waals surface area contributed by atoms with Crippen molar-refractivity contribution in [2.75, 3.05) is 18.4 Å². The second-order valence-electron chi connectivity index (χ2n) is 9.88. The number of benzene rings is 1. The predicted molar refractivity (Wildman–Crippen MR) is 131 cm³/mol. The number of carbonyl (C=O) groups is 1. The molecule has 1 aromatic carbocycles. The Morgan fingerprint density at radius 3 is 2.53 bits per heavy atom. The minimum absolute atomic E-state index is 0.132. The summed E-state index contributed by atoms with van der Waals surface area (Å²) in [5, 5.41) is 8.10. The van der Waals surface area contributed by atoms with Crippen molar-refractivity contribution in [3.63, 3.8) is 0 Å². The fraction of sp³-hybridized carbons (Fsp3) is 0.480. The lowest BCUT2D eigenvalue weighted by atomic mass is 10.0. The summed E-state index contributed by atoms with van der Waals surface area (Å²) in [6, 6.07) is 8.44. The molecule has 9 heteroatoms. The van der Waals surface area contributed by atoms with Gasteiger partial charge in [-0.15, -0.1) is 0 Å². The first kappa shape index (κ1) is 23.0. The summed E-state index contributed by atoms with van der Waals surface area (Å²) in [5.74, 6) is 0.506. The number of fused-ring (bicyclic) bond motifs is 1. The molecule has 5 rings (SSSR count). The van der Waals surface area contributed by atoms with Crippen LogP contribution in [0, 0.1) is 5.92 Å². The van der Waals surface area contributed by atoms with Gasteiger partial charge in [-0.25, -0.2) is 18.1 Å². The molecule has 0 spiro atoms. The maximum atomic E-state index is 13.3. The molecule has 1 atom stereocenters. The van der Waals surface area contributed by atoms with Gasteiger partial charge in [-0.1, -0.05) is 6.92 Å². The van der Waals surface area contributed by atoms with Gasteiger partial charge >= 0.3 is 0 Å². The van der Waals surface area contributed by atoms with Gasteiger partial charge in [0.2, 0.25) is 10.0 Å². The second-order valence-corrected chi connectivity index (χ2v) is 11.8. The fourth-order valence-corrected chi connectivity index (χ4v) is 6.21. The van der Waals surface area contributed by atoms with Crippen molar-refractivity contribution in [1.29, 1.82) is 0 Å². The standard InChI is InChI=1S/C25H31N5O3S/c1-16(2)30-24-22(14-26-30)21(13-23(28-24)18-6-7-18)25(31)27-19-8-10-20(11-9-19)34(32,33)29-12-4-5-17(3)15-29/h8-11,13-14,16-18H,4-7,12,15H2,1-3H3,(H,27,31). The first-order valence-electron chi connectivity index (χ1n) is 12.0. The number of nitrogens with zero attached hydrogens (tertiary/aromatic N) is 4. The summed E-state index contributed by atoms with van der Waals surface area (Å²) in [7, 11) is -3.53. The fourth-order valence-electron chi connectivity index (χ4n) is 4.61. The summed E-state index contributed by atoms with van der Waals surface area (Å²) in [6.07, 6.45) is 5.80. The molecule has 3 aromatic rings. The largest absolute Gasteiger partial charge is 0.322 e. The monoisotopic (exact) mass is 481 g/mol. The van der Waals surface area contributed by atoms with Crippen LogP contribution in [0.2, 0.25) is 0 Å². The number of nitrogens with one attached hydrogen (secondary N) is 1. The average molecular weight is 482 g/mol. The van der Waals surface area contributed by atoms with E-state index >= 15 is 0 Å². The molecule has 0 radical (unpaired) electrons. The lowest BCUT2D eigenvalue weighted by Gasteiger charge is -2.30. The summed E-state index contributed by atoms with van der Waals surface area (Å²) in [5.41, 5.74) is 2.74. The number of hydrogen-bond acceptors (Lipinski definition) is 5. The van der Waals surface area contributed by atoms with E-state index in [-0.39, 0.29) is 16.8 Å². The second kappa shape index (κ2) is 8.78. The first-order valence-corrected chi connectivity index (χ1v) is 13.5. The lowest BCUT2D eigenvalue weighted by Crippen LogP contribution is -2.39. The molecule has 1 saturated heterocycles. The van der Waals surface area contributed by atoms with Gasteiger partial charge in [0.05, 0.1) is 22.0 Å². The molecular formula is C25H31N5O3S. The number of carbonyl (C=O) groups excluding carboxylic acids is 1. The predicted octanol–water partition coefficient (Wildman–Crippen LogP) is 4.56. The molecule has 180 valence electrons. The van der Waals surface area contributed by atoms with E-state index in [1.54, 1.807) is 34.8 Å². The van der Waals surface area contributed by atoms with Crippen LogP contribution in [-0.4, -0.2) is 46.5 Å². The molecule has 3 heterocycles. The number of piperidine rings is 1. The Morgan fingerprint density at radius 1 is 1.15 bits per heavy atom. The third-order valence-electron chi connectivity index (χ3n) is 6.69. The van der Waals surface area contributed by atoms with Gasteiger partial charge in [0, 0.05) is 36.4 Å². The van der Waals surface area contributed by atoms with Gasteiger partial charge in [0.1, 0.15) is 0 Å². The number of pyridine rings is 1. The molecule has 1 saturated carbocycles. The zero-order valence-corrected chi connectivity index (χ0v) is 20.7. The maximum absolute atomic E-state index is 13.3. The average Bonchev–Trinajstić information content (AvgIpc) is 3.57. The minimum Gasteiger partial charge on any atom is -0.322 e. The van der Waals surface area contributed by atoms with Crippen LogP contribution in [0.25, 0.3) is 11.0 Å². The number of aromatic nitrogens is 3. The van der Waals surface area contributed by atoms with E-state index in [4.69, 9.17) is 4.98 Å². The van der Waals surface area contributed by atoms with Crippen molar-refractivity contribution >= 4 is 32.7 Å². The normalized spacial score (nSPS) is 19.6. The van der Waals surface area contributed by atoms with Gasteiger partial charge in [0.25, 0.3) is 5.91 Å². The Hall–Kier alpha value is -2.78. The molecule has 2 fully saturated rings. The summed E-state index contributed by atoms with van der Waals surface area (Å²) in [4.78, 5) is 18.3. The number of anilines is 1. The molecule has 1 amide bonds. The van der Waals surface area contributed by atoms with Crippen molar-refractivity contribution in [2.45, 2.75) is 63.3 Å². The maximum Gasteiger partial charge on any atom is 0.256 e. The van der Waals surface area contributed by atoms with E-state index in [1.165, 1.54) is 0 Å². The molecule has 34 heavy (non-hydrogen) atoms. The Balaban J connectivity index is 1.40. The van der Waals surface area contributed by atoms with Crippen molar-refractivity contribution in [3.8, 4) is 0 Å². The Labute approximate surface area is 200 Å². The first-order chi connectivity index (χ1) is 16.2. The van der Waals surface area contributed by atoms with E-state index in [0.717, 1.165) is 37.0 Å². The molecule has 8 nitrogen and oxygen atoms in total. The van der Waals surface area contributed by atoms with Crippen LogP contribution in [-0.2, 0) is 10.0 Å². The molecule has 2 aromatic heterocycles. The van der Waals surface area contributed by atoms with Gasteiger partial charge in [-0.3, -0.25) is 4.79 Å². The van der Waals surface area contributed by atoms with Crippen molar-refractivity contribution in [1.82, 2.24) is 19.1 Å². The van der Waals surface area contributed by atoms with Crippen molar-refractivity contribution in [2.24, 2.45) is 5.92 Å². The van der Waals surface area contributed by atoms with Gasteiger partial charge in [-0.05, 0) is 75.8 Å². The van der Waals surface area contributed by atoms with E-state index < -0.39 is 10.0 Å². The van der Waals surface area contributed by atoms with Crippen LogP contribution < -0.4 is 5.32 Å². The highest BCUT2D eigenvalue weighted by Gasteiger charge is 2.30. The van der Waals surface area contributed by atoms with Crippen LogP contribution in [0.5, 0.6) is 0 Å². The number of rotatable bonds is 6. The zero-order valence-electron chi connectivity index (χ0n) is 19.9. The van der Waals surface area contributed by atoms with Gasteiger partial charge in [0.15, 0.2) is 5.65 Å². The van der Waals surface area contributed by atoms with E-state index in [2.05, 4.69) is 17.3 Å². The van der Waals surface area contributed by atoms with Crippen molar-refractivity contribution in [3.05, 3.63) is 47.8 Å². The molecule has 1 unspecified atom stereocenters. The van der Waals surface area contributed by atoms with Crippen LogP contribution >= 0.6 is 0 Å². The number of hydrogen-bond donors (Lipinski definition) is 1. The summed E-state index contributed by atoms with van der Waals surface area (Å²) < 4.78 is 29.5. The SMILES string of the molecule is CC1CCCN(S(=O)(=O)c2ccc(NC(=O)c3cc(C4CC4)nc4c3cnn4C(C)C)cc2)C1. The zero-order chi connectivity index (χ0) is 24.0. The molecule has 1 aliphatic heterocycles. The van der Waals surface area contributed by atoms with Crippen LogP contribution in [0.15, 0.2) is 41.4 Å². The van der Waals surface area contributed by atoms with Crippen LogP contribution in [0.1, 0.15) is 74.5 Å². The Kier molecular flexibility index (Phi) is 5.93. The van der Waals surface area contributed by atoms with Crippen LogP contribution in [0.3, 0.4) is 0 Å². The molecule has 1 N–H and O–H groups in total. The number of amides is 1. The Bertz CT molecular complexity index is 1330. The summed E-state index contributed by atoms with van der Waals surface area (Å²) >= 11 is 0. The molecule has 2 aliphatic rings. The highest BCUT2D eigenvalue weighted by molar-refractivity contribution is 7.89. The molecule has 0 bridgehead atoms. The third kappa shape index (κ3) is 4.34. The van der Waals surface area contributed by atoms with Crippen molar-refractivity contribution < 1.29 is 13.2 Å².